The largest absolute Gasteiger partial charge is 0.481 e. The van der Waals surface area contributed by atoms with E-state index in [1.807, 2.05) is 6.92 Å². The fourth-order valence-electron chi connectivity index (χ4n) is 3.45. The maximum atomic E-state index is 13.5. The number of pyridine rings is 1. The first-order valence-corrected chi connectivity index (χ1v) is 13.1. The minimum absolute atomic E-state index is 0.00587. The number of nitrogens with one attached hydrogen (secondary N) is 1. The molecule has 3 aromatic heterocycles. The van der Waals surface area contributed by atoms with Crippen molar-refractivity contribution in [3.63, 3.8) is 0 Å². The minimum Gasteiger partial charge on any atom is -0.481 e. The third-order valence-corrected chi connectivity index (χ3v) is 7.06. The van der Waals surface area contributed by atoms with Gasteiger partial charge < -0.3 is 14.2 Å². The summed E-state index contributed by atoms with van der Waals surface area (Å²) in [5.74, 6) is 0.932. The van der Waals surface area contributed by atoms with Gasteiger partial charge in [0.25, 0.3) is 0 Å². The highest BCUT2D eigenvalue weighted by atomic mass is 35.5. The lowest BCUT2D eigenvalue weighted by molar-refractivity contribution is 0.00154. The van der Waals surface area contributed by atoms with Crippen molar-refractivity contribution in [1.82, 2.24) is 29.7 Å². The van der Waals surface area contributed by atoms with Crippen LogP contribution in [0.25, 0.3) is 11.5 Å². The van der Waals surface area contributed by atoms with E-state index in [4.69, 9.17) is 25.8 Å². The summed E-state index contributed by atoms with van der Waals surface area (Å²) >= 11 is 5.91. The van der Waals surface area contributed by atoms with Gasteiger partial charge in [0.05, 0.1) is 30.9 Å². The van der Waals surface area contributed by atoms with Crippen molar-refractivity contribution in [2.24, 2.45) is 0 Å². The molecule has 0 bridgehead atoms. The van der Waals surface area contributed by atoms with E-state index in [1.165, 1.54) is 26.4 Å². The number of sulfonamides is 1. The summed E-state index contributed by atoms with van der Waals surface area (Å²) in [4.78, 5) is 12.8. The second-order valence-electron chi connectivity index (χ2n) is 8.30. The Hall–Kier alpha value is -2.87. The summed E-state index contributed by atoms with van der Waals surface area (Å²) in [5.41, 5.74) is 0.457. The van der Waals surface area contributed by atoms with Gasteiger partial charge in [-0.25, -0.2) is 23.4 Å². The first kappa shape index (κ1) is 27.7. The third kappa shape index (κ3) is 6.46. The van der Waals surface area contributed by atoms with Crippen molar-refractivity contribution >= 4 is 27.6 Å². The van der Waals surface area contributed by atoms with Crippen LogP contribution in [0.4, 0.5) is 5.95 Å². The molecular formula is C22H30ClN7O5S. The Balaban J connectivity index is 2.00. The van der Waals surface area contributed by atoms with Crippen LogP contribution < -0.4 is 9.46 Å². The molecule has 0 radical (unpaired) electrons. The number of ether oxygens (including phenoxy) is 3. The first-order valence-electron chi connectivity index (χ1n) is 11.2. The van der Waals surface area contributed by atoms with Gasteiger partial charge in [-0.2, -0.15) is 0 Å². The molecule has 3 unspecified atom stereocenters. The maximum Gasteiger partial charge on any atom is 0.240 e. The standard InChI is InChI=1S/C22H30ClN7O5S/c1-13(2)35-19(20-24-10-16(23)11-25-20)15(4)36(31,32)29-22-28-27-21(30(22)14(3)12-33-5)17-8-7-9-18(26-17)34-6/h7-11,13-15,19H,12H2,1-6H3,(H,28,29). The predicted octanol–water partition coefficient (Wildman–Crippen LogP) is 3.30. The lowest BCUT2D eigenvalue weighted by Crippen LogP contribution is -2.35. The Bertz CT molecular complexity index is 1250. The molecule has 1 N–H and O–H groups in total. The molecule has 36 heavy (non-hydrogen) atoms. The van der Waals surface area contributed by atoms with E-state index in [9.17, 15) is 8.42 Å². The molecule has 0 amide bonds. The van der Waals surface area contributed by atoms with E-state index < -0.39 is 21.4 Å². The molecule has 14 heteroatoms. The van der Waals surface area contributed by atoms with Gasteiger partial charge in [-0.05, 0) is 33.8 Å². The van der Waals surface area contributed by atoms with E-state index in [2.05, 4.69) is 29.9 Å². The molecule has 0 aliphatic carbocycles. The molecule has 12 nitrogen and oxygen atoms in total. The Labute approximate surface area is 215 Å². The quantitative estimate of drug-likeness (QED) is 0.364. The predicted molar refractivity (Wildman–Crippen MR) is 134 cm³/mol. The molecule has 3 heterocycles. The van der Waals surface area contributed by atoms with Crippen LogP contribution in [0.15, 0.2) is 30.6 Å². The van der Waals surface area contributed by atoms with Crippen LogP contribution in [0.1, 0.15) is 45.7 Å². The topological polar surface area (TPSA) is 143 Å². The number of hydrogen-bond donors (Lipinski definition) is 1. The molecule has 0 aliphatic rings. The molecule has 3 aromatic rings. The number of anilines is 1. The Morgan fingerprint density at radius 2 is 1.78 bits per heavy atom. The van der Waals surface area contributed by atoms with E-state index >= 15 is 0 Å². The van der Waals surface area contributed by atoms with Crippen molar-refractivity contribution < 1.29 is 22.6 Å². The second kappa shape index (κ2) is 11.9. The van der Waals surface area contributed by atoms with Crippen LogP contribution >= 0.6 is 11.6 Å². The van der Waals surface area contributed by atoms with Gasteiger partial charge in [-0.3, -0.25) is 9.29 Å². The van der Waals surface area contributed by atoms with Crippen molar-refractivity contribution in [1.29, 1.82) is 0 Å². The summed E-state index contributed by atoms with van der Waals surface area (Å²) in [6, 6.07) is 4.85. The van der Waals surface area contributed by atoms with E-state index in [0.29, 0.717) is 22.4 Å². The molecule has 0 saturated carbocycles. The van der Waals surface area contributed by atoms with Gasteiger partial charge in [0.15, 0.2) is 11.6 Å². The third-order valence-electron chi connectivity index (χ3n) is 5.17. The number of methoxy groups -OCH3 is 2. The highest BCUT2D eigenvalue weighted by molar-refractivity contribution is 7.93. The highest BCUT2D eigenvalue weighted by Crippen LogP contribution is 2.29. The van der Waals surface area contributed by atoms with Crippen LogP contribution in [0.5, 0.6) is 5.88 Å². The van der Waals surface area contributed by atoms with Crippen molar-refractivity contribution in [3.05, 3.63) is 41.4 Å². The molecule has 0 saturated heterocycles. The normalized spacial score (nSPS) is 14.4. The number of halogens is 1. The zero-order valence-electron chi connectivity index (χ0n) is 20.9. The van der Waals surface area contributed by atoms with Crippen molar-refractivity contribution in [2.45, 2.75) is 51.2 Å². The molecule has 0 aromatic carbocycles. The summed E-state index contributed by atoms with van der Waals surface area (Å²) in [6.45, 7) is 7.23. The molecular weight excluding hydrogens is 510 g/mol. The molecule has 0 spiro atoms. The van der Waals surface area contributed by atoms with Crippen LogP contribution in [0, 0.1) is 0 Å². The number of rotatable bonds is 12. The van der Waals surface area contributed by atoms with Gasteiger partial charge in [0.1, 0.15) is 17.0 Å². The summed E-state index contributed by atoms with van der Waals surface area (Å²) < 4.78 is 47.6. The molecule has 196 valence electrons. The van der Waals surface area contributed by atoms with Gasteiger partial charge in [0.2, 0.25) is 21.9 Å². The lowest BCUT2D eigenvalue weighted by atomic mass is 10.2. The van der Waals surface area contributed by atoms with E-state index in [1.54, 1.807) is 43.7 Å². The fourth-order valence-corrected chi connectivity index (χ4v) is 4.64. The number of aromatic nitrogens is 6. The van der Waals surface area contributed by atoms with Gasteiger partial charge >= 0.3 is 0 Å². The Morgan fingerprint density at radius 1 is 1.08 bits per heavy atom. The summed E-state index contributed by atoms with van der Waals surface area (Å²) in [5, 5.41) is 7.57. The molecule has 0 fully saturated rings. The molecule has 3 rings (SSSR count). The van der Waals surface area contributed by atoms with Crippen molar-refractivity contribution in [2.75, 3.05) is 25.5 Å². The highest BCUT2D eigenvalue weighted by Gasteiger charge is 2.36. The minimum atomic E-state index is -4.07. The van der Waals surface area contributed by atoms with Gasteiger partial charge in [-0.1, -0.05) is 17.7 Å². The monoisotopic (exact) mass is 539 g/mol. The summed E-state index contributed by atoms with van der Waals surface area (Å²) in [7, 11) is -1.01. The van der Waals surface area contributed by atoms with Crippen molar-refractivity contribution in [3.8, 4) is 17.4 Å². The zero-order valence-corrected chi connectivity index (χ0v) is 22.5. The molecule has 0 aliphatic heterocycles. The van der Waals surface area contributed by atoms with Gasteiger partial charge in [0, 0.05) is 25.6 Å². The van der Waals surface area contributed by atoms with E-state index in [-0.39, 0.29) is 30.5 Å². The molecule has 3 atom stereocenters. The fraction of sp³-hybridized carbons (Fsp3) is 0.500. The SMILES string of the molecule is COCC(C)n1c(NS(=O)(=O)C(C)C(OC(C)C)c2ncc(Cl)cn2)nnc1-c1cccc(OC)n1. The van der Waals surface area contributed by atoms with Crippen LogP contribution in [0.3, 0.4) is 0 Å². The van der Waals surface area contributed by atoms with Crippen LogP contribution in [-0.2, 0) is 19.5 Å². The summed E-state index contributed by atoms with van der Waals surface area (Å²) in [6.07, 6.45) is 1.53. The second-order valence-corrected chi connectivity index (χ2v) is 10.8. The van der Waals surface area contributed by atoms with Gasteiger partial charge in [-0.15, -0.1) is 10.2 Å². The van der Waals surface area contributed by atoms with Crippen LogP contribution in [0.2, 0.25) is 5.02 Å². The zero-order chi connectivity index (χ0) is 26.5. The average Bonchev–Trinajstić information content (AvgIpc) is 3.25. The lowest BCUT2D eigenvalue weighted by Gasteiger charge is -2.26. The smallest absolute Gasteiger partial charge is 0.240 e. The van der Waals surface area contributed by atoms with Crippen LogP contribution in [-0.4, -0.2) is 70.3 Å². The number of hydrogen-bond acceptors (Lipinski definition) is 10. The Kier molecular flexibility index (Phi) is 9.17. The average molecular weight is 540 g/mol. The Morgan fingerprint density at radius 3 is 2.39 bits per heavy atom. The van der Waals surface area contributed by atoms with E-state index in [0.717, 1.165) is 0 Å². The first-order chi connectivity index (χ1) is 17.1. The number of nitrogens with zero attached hydrogens (tertiary/aromatic N) is 6. The maximum absolute atomic E-state index is 13.5.